The van der Waals surface area contributed by atoms with Gasteiger partial charge in [0.2, 0.25) is 0 Å². The van der Waals surface area contributed by atoms with Crippen LogP contribution in [0.25, 0.3) is 0 Å². The lowest BCUT2D eigenvalue weighted by Crippen LogP contribution is -2.69. The molecule has 1 saturated heterocycles. The molecule has 2 amide bonds. The lowest BCUT2D eigenvalue weighted by Gasteiger charge is -2.59. The zero-order chi connectivity index (χ0) is 16.7. The van der Waals surface area contributed by atoms with E-state index in [-0.39, 0.29) is 23.1 Å². The molecule has 1 aromatic rings. The summed E-state index contributed by atoms with van der Waals surface area (Å²) in [6.07, 6.45) is 8.51. The molecule has 0 bridgehead atoms. The maximum atomic E-state index is 12.5. The Morgan fingerprint density at radius 1 is 1.30 bits per heavy atom. The SMILES string of the molecule is CO[C@@]1(C)C[C@H](NC(=O)N2CCC(n3ccnc3)CC2)C1(C)C. The van der Waals surface area contributed by atoms with Gasteiger partial charge in [0.15, 0.2) is 0 Å². The molecule has 1 aliphatic heterocycles. The predicted molar refractivity (Wildman–Crippen MR) is 88.2 cm³/mol. The molecule has 2 heterocycles. The van der Waals surface area contributed by atoms with Crippen LogP contribution in [-0.2, 0) is 4.74 Å². The highest BCUT2D eigenvalue weighted by atomic mass is 16.5. The second kappa shape index (κ2) is 5.82. The number of methoxy groups -OCH3 is 1. The van der Waals surface area contributed by atoms with Gasteiger partial charge in [0.05, 0.1) is 11.9 Å². The minimum atomic E-state index is -0.153. The maximum absolute atomic E-state index is 12.5. The predicted octanol–water partition coefficient (Wildman–Crippen LogP) is 2.43. The lowest BCUT2D eigenvalue weighted by atomic mass is 9.56. The maximum Gasteiger partial charge on any atom is 0.317 e. The number of aromatic nitrogens is 2. The highest BCUT2D eigenvalue weighted by Gasteiger charge is 2.58. The fraction of sp³-hybridized carbons (Fsp3) is 0.765. The Balaban J connectivity index is 1.51. The number of urea groups is 1. The third-order valence-corrected chi connectivity index (χ3v) is 6.27. The van der Waals surface area contributed by atoms with Crippen LogP contribution in [0.2, 0.25) is 0 Å². The molecule has 1 aliphatic carbocycles. The molecule has 2 atom stereocenters. The van der Waals surface area contributed by atoms with Crippen molar-refractivity contribution in [3.8, 4) is 0 Å². The summed E-state index contributed by atoms with van der Waals surface area (Å²) in [7, 11) is 1.75. The minimum Gasteiger partial charge on any atom is -0.378 e. The molecule has 2 aliphatic rings. The molecule has 1 aromatic heterocycles. The largest absolute Gasteiger partial charge is 0.378 e. The topological polar surface area (TPSA) is 59.4 Å². The molecule has 128 valence electrons. The quantitative estimate of drug-likeness (QED) is 0.930. The monoisotopic (exact) mass is 320 g/mol. The first-order valence-corrected chi connectivity index (χ1v) is 8.45. The number of imidazole rings is 1. The van der Waals surface area contributed by atoms with Crippen molar-refractivity contribution in [2.75, 3.05) is 20.2 Å². The van der Waals surface area contributed by atoms with E-state index in [0.29, 0.717) is 6.04 Å². The van der Waals surface area contributed by atoms with Crippen molar-refractivity contribution in [3.05, 3.63) is 18.7 Å². The Kier molecular flexibility index (Phi) is 4.12. The molecule has 3 rings (SSSR count). The van der Waals surface area contributed by atoms with Crippen molar-refractivity contribution in [1.29, 1.82) is 0 Å². The van der Waals surface area contributed by atoms with Gasteiger partial charge in [-0.3, -0.25) is 0 Å². The molecular formula is C17H28N4O2. The summed E-state index contributed by atoms with van der Waals surface area (Å²) in [6, 6.07) is 0.690. The fourth-order valence-corrected chi connectivity index (χ4v) is 3.82. The number of piperidine rings is 1. The van der Waals surface area contributed by atoms with E-state index in [4.69, 9.17) is 4.74 Å². The average Bonchev–Trinajstić information content (AvgIpc) is 3.08. The van der Waals surface area contributed by atoms with Gasteiger partial charge < -0.3 is 19.5 Å². The van der Waals surface area contributed by atoms with Crippen LogP contribution < -0.4 is 5.32 Å². The summed E-state index contributed by atoms with van der Waals surface area (Å²) in [4.78, 5) is 18.6. The summed E-state index contributed by atoms with van der Waals surface area (Å²) in [6.45, 7) is 8.03. The number of hydrogen-bond acceptors (Lipinski definition) is 3. The molecule has 0 aromatic carbocycles. The van der Waals surface area contributed by atoms with Crippen LogP contribution in [0, 0.1) is 5.41 Å². The number of nitrogens with one attached hydrogen (secondary N) is 1. The van der Waals surface area contributed by atoms with E-state index in [0.717, 1.165) is 32.4 Å². The van der Waals surface area contributed by atoms with Crippen molar-refractivity contribution >= 4 is 6.03 Å². The van der Waals surface area contributed by atoms with Crippen molar-refractivity contribution < 1.29 is 9.53 Å². The van der Waals surface area contributed by atoms with Crippen LogP contribution in [-0.4, -0.2) is 52.3 Å². The highest BCUT2D eigenvalue weighted by Crippen LogP contribution is 2.51. The van der Waals surface area contributed by atoms with Crippen molar-refractivity contribution in [2.45, 2.75) is 57.7 Å². The summed E-state index contributed by atoms with van der Waals surface area (Å²) in [5.74, 6) is 0. The van der Waals surface area contributed by atoms with Crippen molar-refractivity contribution in [2.24, 2.45) is 5.41 Å². The zero-order valence-electron chi connectivity index (χ0n) is 14.6. The molecule has 1 saturated carbocycles. The number of nitrogens with zero attached hydrogens (tertiary/aromatic N) is 3. The normalized spacial score (nSPS) is 30.8. The third-order valence-electron chi connectivity index (χ3n) is 6.27. The molecule has 0 unspecified atom stereocenters. The Morgan fingerprint density at radius 2 is 2.00 bits per heavy atom. The van der Waals surface area contributed by atoms with Gasteiger partial charge in [0, 0.05) is 50.1 Å². The first-order chi connectivity index (χ1) is 10.9. The van der Waals surface area contributed by atoms with E-state index >= 15 is 0 Å². The van der Waals surface area contributed by atoms with Crippen LogP contribution in [0.15, 0.2) is 18.7 Å². The minimum absolute atomic E-state index is 0.0491. The van der Waals surface area contributed by atoms with Gasteiger partial charge in [0.1, 0.15) is 0 Å². The van der Waals surface area contributed by atoms with E-state index in [1.54, 1.807) is 7.11 Å². The van der Waals surface area contributed by atoms with Crippen LogP contribution in [0.4, 0.5) is 4.79 Å². The Hall–Kier alpha value is -1.56. The summed E-state index contributed by atoms with van der Waals surface area (Å²) in [5, 5.41) is 3.20. The van der Waals surface area contributed by atoms with E-state index in [2.05, 4.69) is 35.6 Å². The number of hydrogen-bond donors (Lipinski definition) is 1. The molecule has 2 fully saturated rings. The van der Waals surface area contributed by atoms with Gasteiger partial charge in [0.25, 0.3) is 0 Å². The number of carbonyl (C=O) groups is 1. The molecule has 6 nitrogen and oxygen atoms in total. The first-order valence-electron chi connectivity index (χ1n) is 8.45. The van der Waals surface area contributed by atoms with E-state index in [1.165, 1.54) is 0 Å². The van der Waals surface area contributed by atoms with Crippen LogP contribution >= 0.6 is 0 Å². The fourth-order valence-electron chi connectivity index (χ4n) is 3.82. The number of ether oxygens (including phenoxy) is 1. The van der Waals surface area contributed by atoms with Crippen LogP contribution in [0.5, 0.6) is 0 Å². The molecule has 23 heavy (non-hydrogen) atoms. The number of amides is 2. The third kappa shape index (κ3) is 2.73. The smallest absolute Gasteiger partial charge is 0.317 e. The Bertz CT molecular complexity index is 549. The summed E-state index contributed by atoms with van der Waals surface area (Å²) in [5.41, 5.74) is -0.202. The van der Waals surface area contributed by atoms with Gasteiger partial charge in [-0.1, -0.05) is 13.8 Å². The second-order valence-corrected chi connectivity index (χ2v) is 7.59. The highest BCUT2D eigenvalue weighted by molar-refractivity contribution is 5.75. The molecule has 0 radical (unpaired) electrons. The van der Waals surface area contributed by atoms with Crippen LogP contribution in [0.1, 0.15) is 46.1 Å². The summed E-state index contributed by atoms with van der Waals surface area (Å²) < 4.78 is 7.78. The van der Waals surface area contributed by atoms with Gasteiger partial charge >= 0.3 is 6.03 Å². The lowest BCUT2D eigenvalue weighted by molar-refractivity contribution is -0.177. The number of likely N-dealkylation sites (tertiary alicyclic amines) is 1. The second-order valence-electron chi connectivity index (χ2n) is 7.59. The van der Waals surface area contributed by atoms with Crippen molar-refractivity contribution in [1.82, 2.24) is 19.8 Å². The molecular weight excluding hydrogens is 292 g/mol. The van der Waals surface area contributed by atoms with Crippen molar-refractivity contribution in [3.63, 3.8) is 0 Å². The number of rotatable bonds is 3. The zero-order valence-corrected chi connectivity index (χ0v) is 14.6. The first kappa shape index (κ1) is 16.3. The molecule has 6 heteroatoms. The summed E-state index contributed by atoms with van der Waals surface area (Å²) >= 11 is 0. The van der Waals surface area contributed by atoms with E-state index < -0.39 is 0 Å². The van der Waals surface area contributed by atoms with Gasteiger partial charge in [-0.2, -0.15) is 0 Å². The van der Waals surface area contributed by atoms with E-state index in [1.807, 2.05) is 23.6 Å². The van der Waals surface area contributed by atoms with Gasteiger partial charge in [-0.25, -0.2) is 9.78 Å². The average molecular weight is 320 g/mol. The Morgan fingerprint density at radius 3 is 2.52 bits per heavy atom. The van der Waals surface area contributed by atoms with Crippen LogP contribution in [0.3, 0.4) is 0 Å². The van der Waals surface area contributed by atoms with E-state index in [9.17, 15) is 4.79 Å². The molecule has 1 N–H and O–H groups in total. The molecule has 0 spiro atoms. The van der Waals surface area contributed by atoms with Gasteiger partial charge in [-0.05, 0) is 26.2 Å². The number of carbonyl (C=O) groups excluding carboxylic acids is 1. The standard InChI is InChI=1S/C17H28N4O2/c1-16(2)14(11-17(16,3)23-4)19-15(22)20-8-5-13(6-9-20)21-10-7-18-12-21/h7,10,12-14H,5-6,8-9,11H2,1-4H3,(H,19,22)/t14-,17-/m0/s1. The van der Waals surface area contributed by atoms with Gasteiger partial charge in [-0.15, -0.1) is 0 Å². The Labute approximate surface area is 138 Å².